The first-order valence-electron chi connectivity index (χ1n) is 6.31. The number of carbonyl (C=O) groups excluding carboxylic acids is 3. The molecule has 0 bridgehead atoms. The highest BCUT2D eigenvalue weighted by atomic mass is 16.6. The SMILES string of the molecule is COC(=O)C[C@@H]1C[C@@]1(NC(=O)OC(C)(C)C)C(=O)OC. The van der Waals surface area contributed by atoms with Gasteiger partial charge < -0.3 is 19.5 Å². The highest BCUT2D eigenvalue weighted by Crippen LogP contribution is 2.47. The third-order valence-electron chi connectivity index (χ3n) is 3.02. The molecule has 0 aromatic carbocycles. The standard InChI is InChI=1S/C13H21NO6/c1-12(2,3)20-11(17)14-13(10(16)19-5)7-8(13)6-9(15)18-4/h8H,6-7H2,1-5H3,(H,14,17)/t8-,13+/m1/s1. The Hall–Kier alpha value is -1.79. The first-order chi connectivity index (χ1) is 9.14. The molecule has 0 heterocycles. The number of carbonyl (C=O) groups is 3. The molecule has 1 amide bonds. The van der Waals surface area contributed by atoms with Crippen LogP contribution in [0.1, 0.15) is 33.6 Å². The van der Waals surface area contributed by atoms with Crippen LogP contribution >= 0.6 is 0 Å². The van der Waals surface area contributed by atoms with Crippen molar-refractivity contribution in [2.45, 2.75) is 44.8 Å². The predicted octanol–water partition coefficient (Wildman–Crippen LogP) is 1.01. The van der Waals surface area contributed by atoms with Crippen molar-refractivity contribution in [2.75, 3.05) is 14.2 Å². The second kappa shape index (κ2) is 5.68. The largest absolute Gasteiger partial charge is 0.469 e. The molecule has 0 radical (unpaired) electrons. The highest BCUT2D eigenvalue weighted by Gasteiger charge is 2.63. The lowest BCUT2D eigenvalue weighted by atomic mass is 10.1. The molecule has 2 atom stereocenters. The van der Waals surface area contributed by atoms with Crippen LogP contribution in [0.2, 0.25) is 0 Å². The fourth-order valence-corrected chi connectivity index (χ4v) is 1.98. The van der Waals surface area contributed by atoms with Crippen molar-refractivity contribution < 1.29 is 28.6 Å². The maximum Gasteiger partial charge on any atom is 0.408 e. The second-order valence-electron chi connectivity index (χ2n) is 5.77. The summed E-state index contributed by atoms with van der Waals surface area (Å²) in [5.74, 6) is -1.36. The molecule has 0 aromatic heterocycles. The summed E-state index contributed by atoms with van der Waals surface area (Å²) < 4.78 is 14.4. The van der Waals surface area contributed by atoms with E-state index in [1.165, 1.54) is 14.2 Å². The van der Waals surface area contributed by atoms with Crippen LogP contribution in [0.4, 0.5) is 4.79 Å². The van der Waals surface area contributed by atoms with Gasteiger partial charge in [0, 0.05) is 5.92 Å². The van der Waals surface area contributed by atoms with Gasteiger partial charge in [0.15, 0.2) is 0 Å². The molecule has 7 heteroatoms. The summed E-state index contributed by atoms with van der Waals surface area (Å²) in [7, 11) is 2.50. The van der Waals surface area contributed by atoms with Crippen LogP contribution < -0.4 is 5.32 Å². The van der Waals surface area contributed by atoms with Gasteiger partial charge in [0.2, 0.25) is 0 Å². The van der Waals surface area contributed by atoms with Crippen LogP contribution in [-0.4, -0.2) is 43.4 Å². The van der Waals surface area contributed by atoms with Gasteiger partial charge in [-0.3, -0.25) is 4.79 Å². The van der Waals surface area contributed by atoms with E-state index in [-0.39, 0.29) is 12.3 Å². The average molecular weight is 287 g/mol. The number of rotatable bonds is 4. The van der Waals surface area contributed by atoms with Crippen LogP contribution in [0, 0.1) is 5.92 Å². The predicted molar refractivity (Wildman–Crippen MR) is 68.9 cm³/mol. The Morgan fingerprint density at radius 2 is 1.80 bits per heavy atom. The summed E-state index contributed by atoms with van der Waals surface area (Å²) in [6.45, 7) is 5.16. The first-order valence-corrected chi connectivity index (χ1v) is 6.31. The normalized spacial score (nSPS) is 24.6. The second-order valence-corrected chi connectivity index (χ2v) is 5.77. The molecule has 114 valence electrons. The fourth-order valence-electron chi connectivity index (χ4n) is 1.98. The van der Waals surface area contributed by atoms with E-state index in [1.54, 1.807) is 20.8 Å². The Morgan fingerprint density at radius 3 is 2.25 bits per heavy atom. The number of esters is 2. The Labute approximate surface area is 117 Å². The third kappa shape index (κ3) is 3.85. The van der Waals surface area contributed by atoms with E-state index in [4.69, 9.17) is 9.47 Å². The maximum atomic E-state index is 11.8. The quantitative estimate of drug-likeness (QED) is 0.613. The zero-order valence-electron chi connectivity index (χ0n) is 12.4. The first kappa shape index (κ1) is 16.3. The van der Waals surface area contributed by atoms with E-state index >= 15 is 0 Å². The molecule has 1 saturated carbocycles. The lowest BCUT2D eigenvalue weighted by Crippen LogP contribution is -2.47. The van der Waals surface area contributed by atoms with Crippen LogP contribution in [0.5, 0.6) is 0 Å². The van der Waals surface area contributed by atoms with Crippen molar-refractivity contribution in [3.8, 4) is 0 Å². The van der Waals surface area contributed by atoms with Crippen LogP contribution in [0.15, 0.2) is 0 Å². The molecule has 20 heavy (non-hydrogen) atoms. The number of amides is 1. The van der Waals surface area contributed by atoms with Gasteiger partial charge in [0.25, 0.3) is 0 Å². The van der Waals surface area contributed by atoms with Crippen LogP contribution in [-0.2, 0) is 23.8 Å². The van der Waals surface area contributed by atoms with Crippen LogP contribution in [0.3, 0.4) is 0 Å². The van der Waals surface area contributed by atoms with Gasteiger partial charge in [0.1, 0.15) is 11.1 Å². The summed E-state index contributed by atoms with van der Waals surface area (Å²) in [5.41, 5.74) is -1.86. The molecule has 0 aromatic rings. The molecule has 1 aliphatic rings. The molecule has 1 rings (SSSR count). The van der Waals surface area contributed by atoms with E-state index in [0.29, 0.717) is 6.42 Å². The van der Waals surface area contributed by atoms with E-state index in [9.17, 15) is 14.4 Å². The fraction of sp³-hybridized carbons (Fsp3) is 0.769. The monoisotopic (exact) mass is 287 g/mol. The summed E-state index contributed by atoms with van der Waals surface area (Å²) >= 11 is 0. The van der Waals surface area contributed by atoms with Crippen molar-refractivity contribution in [1.82, 2.24) is 5.32 Å². The number of nitrogens with one attached hydrogen (secondary N) is 1. The van der Waals surface area contributed by atoms with Gasteiger partial charge in [-0.25, -0.2) is 9.59 Å². The molecule has 0 unspecified atom stereocenters. The smallest absolute Gasteiger partial charge is 0.408 e. The molecular weight excluding hydrogens is 266 g/mol. The van der Waals surface area contributed by atoms with Crippen molar-refractivity contribution in [2.24, 2.45) is 5.92 Å². The molecule has 7 nitrogen and oxygen atoms in total. The van der Waals surface area contributed by atoms with Crippen molar-refractivity contribution in [3.05, 3.63) is 0 Å². The minimum Gasteiger partial charge on any atom is -0.469 e. The van der Waals surface area contributed by atoms with Gasteiger partial charge in [-0.2, -0.15) is 0 Å². The zero-order valence-corrected chi connectivity index (χ0v) is 12.4. The minimum atomic E-state index is -1.19. The summed E-state index contributed by atoms with van der Waals surface area (Å²) in [5, 5.41) is 2.51. The Bertz CT molecular complexity index is 414. The minimum absolute atomic E-state index is 0.0431. The molecule has 1 N–H and O–H groups in total. The number of ether oxygens (including phenoxy) is 3. The molecule has 0 spiro atoms. The third-order valence-corrected chi connectivity index (χ3v) is 3.02. The molecule has 1 aliphatic carbocycles. The Kier molecular flexibility index (Phi) is 4.62. The molecular formula is C13H21NO6. The van der Waals surface area contributed by atoms with Gasteiger partial charge in [-0.05, 0) is 27.2 Å². The summed E-state index contributed by atoms with van der Waals surface area (Å²) in [4.78, 5) is 34.9. The van der Waals surface area contributed by atoms with Gasteiger partial charge in [0.05, 0.1) is 20.6 Å². The Balaban J connectivity index is 2.71. The van der Waals surface area contributed by atoms with E-state index in [1.807, 2.05) is 0 Å². The topological polar surface area (TPSA) is 90.9 Å². The maximum absolute atomic E-state index is 11.8. The van der Waals surface area contributed by atoms with Gasteiger partial charge >= 0.3 is 18.0 Å². The lowest BCUT2D eigenvalue weighted by molar-refractivity contribution is -0.145. The summed E-state index contributed by atoms with van der Waals surface area (Å²) in [6.07, 6.45) is -0.342. The molecule has 0 aliphatic heterocycles. The summed E-state index contributed by atoms with van der Waals surface area (Å²) in [6, 6.07) is 0. The van der Waals surface area contributed by atoms with E-state index in [0.717, 1.165) is 0 Å². The molecule has 1 fully saturated rings. The van der Waals surface area contributed by atoms with Crippen molar-refractivity contribution in [3.63, 3.8) is 0 Å². The van der Waals surface area contributed by atoms with E-state index < -0.39 is 29.2 Å². The van der Waals surface area contributed by atoms with Crippen molar-refractivity contribution >= 4 is 18.0 Å². The average Bonchev–Trinajstić information content (AvgIpc) is 2.99. The number of methoxy groups -OCH3 is 2. The zero-order chi connectivity index (χ0) is 15.6. The van der Waals surface area contributed by atoms with Gasteiger partial charge in [-0.1, -0.05) is 0 Å². The van der Waals surface area contributed by atoms with E-state index in [2.05, 4.69) is 10.1 Å². The Morgan fingerprint density at radius 1 is 1.20 bits per heavy atom. The number of hydrogen-bond acceptors (Lipinski definition) is 6. The molecule has 0 saturated heterocycles. The van der Waals surface area contributed by atoms with Gasteiger partial charge in [-0.15, -0.1) is 0 Å². The van der Waals surface area contributed by atoms with Crippen LogP contribution in [0.25, 0.3) is 0 Å². The number of hydrogen-bond donors (Lipinski definition) is 1. The lowest BCUT2D eigenvalue weighted by Gasteiger charge is -2.23. The number of alkyl carbamates (subject to hydrolysis) is 1. The van der Waals surface area contributed by atoms with Crippen molar-refractivity contribution in [1.29, 1.82) is 0 Å². The highest BCUT2D eigenvalue weighted by molar-refractivity contribution is 5.90.